The molecular formula is C15H25NO3S. The lowest BCUT2D eigenvalue weighted by molar-refractivity contribution is 0.254. The van der Waals surface area contributed by atoms with E-state index in [1.54, 1.807) is 0 Å². The van der Waals surface area contributed by atoms with Crippen molar-refractivity contribution >= 4 is 10.0 Å². The molecule has 1 aromatic rings. The molecule has 4 nitrogen and oxygen atoms in total. The number of hydrogen-bond acceptors (Lipinski definition) is 3. The molecule has 2 N–H and O–H groups in total. The molecule has 0 aromatic heterocycles. The SMILES string of the molecule is CC[C@@H](CO)NS(=O)(=O)c1c(C)c(C)c(C)c(C)c1C. The van der Waals surface area contributed by atoms with Crippen LogP contribution in [0.3, 0.4) is 0 Å². The highest BCUT2D eigenvalue weighted by atomic mass is 32.2. The molecule has 0 amide bonds. The summed E-state index contributed by atoms with van der Waals surface area (Å²) in [5.41, 5.74) is 4.71. The first-order valence-corrected chi connectivity index (χ1v) is 8.35. The summed E-state index contributed by atoms with van der Waals surface area (Å²) < 4.78 is 27.8. The van der Waals surface area contributed by atoms with Crippen LogP contribution < -0.4 is 4.72 Å². The monoisotopic (exact) mass is 299 g/mol. The largest absolute Gasteiger partial charge is 0.395 e. The minimum absolute atomic E-state index is 0.197. The summed E-state index contributed by atoms with van der Waals surface area (Å²) in [5, 5.41) is 9.20. The van der Waals surface area contributed by atoms with Gasteiger partial charge in [0.05, 0.1) is 11.5 Å². The molecule has 0 unspecified atom stereocenters. The average Bonchev–Trinajstić information content (AvgIpc) is 2.40. The lowest BCUT2D eigenvalue weighted by atomic mass is 9.95. The van der Waals surface area contributed by atoms with Gasteiger partial charge in [-0.05, 0) is 68.9 Å². The Morgan fingerprint density at radius 2 is 1.35 bits per heavy atom. The molecule has 0 spiro atoms. The molecule has 0 aliphatic rings. The molecule has 1 atom stereocenters. The van der Waals surface area contributed by atoms with Crippen LogP contribution in [0.1, 0.15) is 41.2 Å². The van der Waals surface area contributed by atoms with Crippen LogP contribution in [0, 0.1) is 34.6 Å². The van der Waals surface area contributed by atoms with Crippen LogP contribution in [-0.4, -0.2) is 26.2 Å². The van der Waals surface area contributed by atoms with E-state index in [4.69, 9.17) is 0 Å². The number of aliphatic hydroxyl groups is 1. The molecule has 114 valence electrons. The Balaban J connectivity index is 3.47. The molecule has 0 aliphatic carbocycles. The molecule has 20 heavy (non-hydrogen) atoms. The Morgan fingerprint density at radius 3 is 1.70 bits per heavy atom. The standard InChI is InChI=1S/C15H25NO3S/c1-7-14(8-17)16-20(18,19)15-12(5)10(3)9(2)11(4)13(15)6/h14,16-17H,7-8H2,1-6H3/t14-/m0/s1. The van der Waals surface area contributed by atoms with E-state index in [-0.39, 0.29) is 6.61 Å². The van der Waals surface area contributed by atoms with Crippen LogP contribution in [0.5, 0.6) is 0 Å². The molecule has 1 aromatic carbocycles. The zero-order valence-corrected chi connectivity index (χ0v) is 14.0. The first kappa shape index (κ1) is 17.1. The second-order valence-corrected chi connectivity index (χ2v) is 7.01. The zero-order valence-electron chi connectivity index (χ0n) is 13.2. The second-order valence-electron chi connectivity index (χ2n) is 5.36. The predicted octanol–water partition coefficient (Wildman–Crippen LogP) is 2.28. The van der Waals surface area contributed by atoms with Crippen LogP contribution in [0.2, 0.25) is 0 Å². The van der Waals surface area contributed by atoms with Crippen LogP contribution >= 0.6 is 0 Å². The van der Waals surface area contributed by atoms with E-state index in [0.717, 1.165) is 27.8 Å². The summed E-state index contributed by atoms with van der Waals surface area (Å²) in [6.45, 7) is 11.2. The van der Waals surface area contributed by atoms with Crippen molar-refractivity contribution in [3.8, 4) is 0 Å². The third-order valence-electron chi connectivity index (χ3n) is 4.23. The lowest BCUT2D eigenvalue weighted by Crippen LogP contribution is -2.37. The van der Waals surface area contributed by atoms with Gasteiger partial charge in [0, 0.05) is 6.04 Å². The third kappa shape index (κ3) is 3.05. The van der Waals surface area contributed by atoms with Gasteiger partial charge in [0.2, 0.25) is 10.0 Å². The van der Waals surface area contributed by atoms with Crippen molar-refractivity contribution in [3.05, 3.63) is 27.8 Å². The van der Waals surface area contributed by atoms with E-state index in [9.17, 15) is 13.5 Å². The fourth-order valence-corrected chi connectivity index (χ4v) is 4.31. The Labute approximate surface area is 122 Å². The highest BCUT2D eigenvalue weighted by molar-refractivity contribution is 7.89. The minimum atomic E-state index is -3.62. The number of rotatable bonds is 5. The van der Waals surface area contributed by atoms with Gasteiger partial charge in [-0.3, -0.25) is 0 Å². The predicted molar refractivity (Wildman–Crippen MR) is 81.6 cm³/mol. The molecule has 0 saturated carbocycles. The van der Waals surface area contributed by atoms with Crippen molar-refractivity contribution in [2.45, 2.75) is 58.9 Å². The molecule has 0 heterocycles. The number of aliphatic hydroxyl groups excluding tert-OH is 1. The van der Waals surface area contributed by atoms with Crippen molar-refractivity contribution in [3.63, 3.8) is 0 Å². The Morgan fingerprint density at radius 1 is 0.950 bits per heavy atom. The molecule has 1 rings (SSSR count). The van der Waals surface area contributed by atoms with Gasteiger partial charge in [-0.1, -0.05) is 6.92 Å². The van der Waals surface area contributed by atoms with Crippen molar-refractivity contribution in [2.24, 2.45) is 0 Å². The average molecular weight is 299 g/mol. The number of hydrogen-bond donors (Lipinski definition) is 2. The van der Waals surface area contributed by atoms with Gasteiger partial charge in [-0.2, -0.15) is 0 Å². The van der Waals surface area contributed by atoms with Gasteiger partial charge in [-0.15, -0.1) is 0 Å². The Kier molecular flexibility index (Phi) is 5.35. The third-order valence-corrected chi connectivity index (χ3v) is 6.03. The summed E-state index contributed by atoms with van der Waals surface area (Å²) in [6, 6.07) is -0.444. The molecular weight excluding hydrogens is 274 g/mol. The van der Waals surface area contributed by atoms with Crippen LogP contribution in [-0.2, 0) is 10.0 Å². The molecule has 0 aliphatic heterocycles. The van der Waals surface area contributed by atoms with E-state index in [1.165, 1.54) is 0 Å². The van der Waals surface area contributed by atoms with E-state index in [1.807, 2.05) is 41.5 Å². The van der Waals surface area contributed by atoms with Gasteiger partial charge in [0.1, 0.15) is 0 Å². The van der Waals surface area contributed by atoms with Gasteiger partial charge < -0.3 is 5.11 Å². The molecule has 5 heteroatoms. The lowest BCUT2D eigenvalue weighted by Gasteiger charge is -2.21. The summed E-state index contributed by atoms with van der Waals surface area (Å²) in [5.74, 6) is 0. The molecule has 0 radical (unpaired) electrons. The number of nitrogens with one attached hydrogen (secondary N) is 1. The Hall–Kier alpha value is -0.910. The number of benzene rings is 1. The molecule has 0 fully saturated rings. The minimum Gasteiger partial charge on any atom is -0.395 e. The first-order valence-electron chi connectivity index (χ1n) is 6.87. The Bertz CT molecular complexity index is 573. The quantitative estimate of drug-likeness (QED) is 0.876. The van der Waals surface area contributed by atoms with E-state index in [2.05, 4.69) is 4.72 Å². The highest BCUT2D eigenvalue weighted by Crippen LogP contribution is 2.29. The van der Waals surface area contributed by atoms with Crippen molar-refractivity contribution in [1.82, 2.24) is 4.72 Å². The van der Waals surface area contributed by atoms with Crippen LogP contribution in [0.25, 0.3) is 0 Å². The summed E-state index contributed by atoms with van der Waals surface area (Å²) >= 11 is 0. The maximum absolute atomic E-state index is 12.6. The first-order chi connectivity index (χ1) is 9.17. The van der Waals surface area contributed by atoms with Crippen molar-refractivity contribution in [2.75, 3.05) is 6.61 Å². The zero-order chi connectivity index (χ0) is 15.7. The summed E-state index contributed by atoms with van der Waals surface area (Å²) in [4.78, 5) is 0.352. The fraction of sp³-hybridized carbons (Fsp3) is 0.600. The van der Waals surface area contributed by atoms with Gasteiger partial charge >= 0.3 is 0 Å². The molecule has 0 saturated heterocycles. The van der Waals surface area contributed by atoms with E-state index < -0.39 is 16.1 Å². The van der Waals surface area contributed by atoms with Gasteiger partial charge in [0.25, 0.3) is 0 Å². The number of sulfonamides is 1. The van der Waals surface area contributed by atoms with Crippen molar-refractivity contribution in [1.29, 1.82) is 0 Å². The highest BCUT2D eigenvalue weighted by Gasteiger charge is 2.25. The van der Waals surface area contributed by atoms with Gasteiger partial charge in [-0.25, -0.2) is 13.1 Å². The fourth-order valence-electron chi connectivity index (χ4n) is 2.40. The molecule has 0 bridgehead atoms. The maximum atomic E-state index is 12.6. The normalized spacial score (nSPS) is 13.6. The summed E-state index contributed by atoms with van der Waals surface area (Å²) in [6.07, 6.45) is 0.553. The van der Waals surface area contributed by atoms with E-state index in [0.29, 0.717) is 11.3 Å². The topological polar surface area (TPSA) is 66.4 Å². The second kappa shape index (κ2) is 6.24. The van der Waals surface area contributed by atoms with Gasteiger partial charge in [0.15, 0.2) is 0 Å². The van der Waals surface area contributed by atoms with Crippen molar-refractivity contribution < 1.29 is 13.5 Å². The summed E-state index contributed by atoms with van der Waals surface area (Å²) in [7, 11) is -3.62. The van der Waals surface area contributed by atoms with E-state index >= 15 is 0 Å². The smallest absolute Gasteiger partial charge is 0.241 e. The van der Waals surface area contributed by atoms with Crippen LogP contribution in [0.15, 0.2) is 4.90 Å². The maximum Gasteiger partial charge on any atom is 0.241 e. The van der Waals surface area contributed by atoms with Crippen LogP contribution in [0.4, 0.5) is 0 Å².